The number of rotatable bonds is 5. The summed E-state index contributed by atoms with van der Waals surface area (Å²) in [5.41, 5.74) is 1.07. The summed E-state index contributed by atoms with van der Waals surface area (Å²) in [7, 11) is 0. The van der Waals surface area contributed by atoms with E-state index in [9.17, 15) is 0 Å². The van der Waals surface area contributed by atoms with Gasteiger partial charge in [0.2, 0.25) is 0 Å². The van der Waals surface area contributed by atoms with Gasteiger partial charge in [-0.2, -0.15) is 4.98 Å². The Morgan fingerprint density at radius 2 is 1.94 bits per heavy atom. The van der Waals surface area contributed by atoms with Crippen LogP contribution in [-0.4, -0.2) is 21.4 Å². The summed E-state index contributed by atoms with van der Waals surface area (Å²) >= 11 is 0. The monoisotopic (exact) mass is 245 g/mol. The molecule has 96 valence electrons. The van der Waals surface area contributed by atoms with Gasteiger partial charge in [0.25, 0.3) is 0 Å². The number of hydrogen-bond donors (Lipinski definition) is 0. The van der Waals surface area contributed by atoms with E-state index >= 15 is 0 Å². The van der Waals surface area contributed by atoms with Crippen molar-refractivity contribution >= 4 is 0 Å². The molecule has 0 N–H and O–H groups in total. The Morgan fingerprint density at radius 1 is 1.22 bits per heavy atom. The molecule has 1 aromatic carbocycles. The third-order valence-corrected chi connectivity index (χ3v) is 2.50. The van der Waals surface area contributed by atoms with Crippen molar-refractivity contribution in [3.8, 4) is 17.4 Å². The number of ether oxygens (including phenoxy) is 1. The largest absolute Gasteiger partial charge is 0.463 e. The molecular weight excluding hydrogens is 226 g/mol. The van der Waals surface area contributed by atoms with Crippen LogP contribution in [0.5, 0.6) is 6.01 Å². The van der Waals surface area contributed by atoms with E-state index in [4.69, 9.17) is 4.74 Å². The molecule has 4 nitrogen and oxygen atoms in total. The van der Waals surface area contributed by atoms with Gasteiger partial charge in [0.05, 0.1) is 6.61 Å². The molecule has 0 saturated carbocycles. The summed E-state index contributed by atoms with van der Waals surface area (Å²) in [6, 6.07) is 10.5. The molecule has 0 fully saturated rings. The van der Waals surface area contributed by atoms with E-state index in [-0.39, 0.29) is 0 Å². The van der Waals surface area contributed by atoms with Crippen molar-refractivity contribution in [1.29, 1.82) is 0 Å². The van der Waals surface area contributed by atoms with Crippen LogP contribution < -0.4 is 4.74 Å². The van der Waals surface area contributed by atoms with Crippen molar-refractivity contribution in [2.24, 2.45) is 5.92 Å². The standard InChI is InChI=1S/C14H19N3O/c1-4-18-14-15-13(12-8-6-5-7-9-12)17(16-14)10-11(2)3/h5-9,11H,4,10H2,1-3H3. The Hall–Kier alpha value is -1.84. The van der Waals surface area contributed by atoms with Gasteiger partial charge in [-0.05, 0) is 12.8 Å². The Balaban J connectivity index is 2.37. The first kappa shape index (κ1) is 12.6. The average Bonchev–Trinajstić information content (AvgIpc) is 2.73. The summed E-state index contributed by atoms with van der Waals surface area (Å²) in [5, 5.41) is 4.40. The lowest BCUT2D eigenvalue weighted by molar-refractivity contribution is 0.308. The van der Waals surface area contributed by atoms with Gasteiger partial charge in [-0.1, -0.05) is 44.2 Å². The van der Waals surface area contributed by atoms with E-state index < -0.39 is 0 Å². The normalized spacial score (nSPS) is 10.9. The summed E-state index contributed by atoms with van der Waals surface area (Å²) < 4.78 is 7.31. The lowest BCUT2D eigenvalue weighted by atomic mass is 10.2. The van der Waals surface area contributed by atoms with Crippen LogP contribution in [0.1, 0.15) is 20.8 Å². The smallest absolute Gasteiger partial charge is 0.336 e. The maximum Gasteiger partial charge on any atom is 0.336 e. The van der Waals surface area contributed by atoms with Gasteiger partial charge in [0.1, 0.15) is 0 Å². The first-order valence-electron chi connectivity index (χ1n) is 6.33. The lowest BCUT2D eigenvalue weighted by Gasteiger charge is -2.07. The minimum absolute atomic E-state index is 0.456. The quantitative estimate of drug-likeness (QED) is 0.813. The molecule has 1 aromatic heterocycles. The zero-order valence-electron chi connectivity index (χ0n) is 11.1. The minimum Gasteiger partial charge on any atom is -0.463 e. The molecule has 2 aromatic rings. The molecular formula is C14H19N3O. The lowest BCUT2D eigenvalue weighted by Crippen LogP contribution is -2.08. The molecule has 0 spiro atoms. The van der Waals surface area contributed by atoms with Crippen molar-refractivity contribution in [2.45, 2.75) is 27.3 Å². The van der Waals surface area contributed by atoms with Crippen LogP contribution in [0.25, 0.3) is 11.4 Å². The number of benzene rings is 1. The van der Waals surface area contributed by atoms with Crippen LogP contribution in [-0.2, 0) is 6.54 Å². The Kier molecular flexibility index (Phi) is 3.97. The second kappa shape index (κ2) is 5.67. The first-order valence-corrected chi connectivity index (χ1v) is 6.33. The number of hydrogen-bond acceptors (Lipinski definition) is 3. The second-order valence-corrected chi connectivity index (χ2v) is 4.59. The fourth-order valence-corrected chi connectivity index (χ4v) is 1.79. The van der Waals surface area contributed by atoms with Crippen LogP contribution in [0.4, 0.5) is 0 Å². The number of nitrogens with zero attached hydrogens (tertiary/aromatic N) is 3. The van der Waals surface area contributed by atoms with Gasteiger partial charge >= 0.3 is 6.01 Å². The van der Waals surface area contributed by atoms with Gasteiger partial charge in [-0.3, -0.25) is 0 Å². The van der Waals surface area contributed by atoms with E-state index in [0.29, 0.717) is 18.5 Å². The van der Waals surface area contributed by atoms with E-state index in [2.05, 4.69) is 23.9 Å². The van der Waals surface area contributed by atoms with E-state index in [0.717, 1.165) is 17.9 Å². The third-order valence-electron chi connectivity index (χ3n) is 2.50. The Bertz CT molecular complexity index is 491. The molecule has 0 saturated heterocycles. The van der Waals surface area contributed by atoms with Gasteiger partial charge in [0, 0.05) is 12.1 Å². The van der Waals surface area contributed by atoms with Crippen molar-refractivity contribution in [1.82, 2.24) is 14.8 Å². The van der Waals surface area contributed by atoms with Crippen LogP contribution in [0.2, 0.25) is 0 Å². The van der Waals surface area contributed by atoms with Crippen LogP contribution in [0.15, 0.2) is 30.3 Å². The topological polar surface area (TPSA) is 39.9 Å². The first-order chi connectivity index (χ1) is 8.70. The Labute approximate surface area is 108 Å². The summed E-state index contributed by atoms with van der Waals surface area (Å²) in [5.74, 6) is 1.39. The molecule has 2 rings (SSSR count). The van der Waals surface area contributed by atoms with Crippen molar-refractivity contribution < 1.29 is 4.74 Å². The van der Waals surface area contributed by atoms with Crippen molar-refractivity contribution in [3.05, 3.63) is 30.3 Å². The molecule has 0 aliphatic heterocycles. The molecule has 0 amide bonds. The maximum atomic E-state index is 5.39. The molecule has 1 heterocycles. The zero-order valence-corrected chi connectivity index (χ0v) is 11.1. The average molecular weight is 245 g/mol. The molecule has 0 aliphatic rings. The van der Waals surface area contributed by atoms with Gasteiger partial charge in [0.15, 0.2) is 5.82 Å². The molecule has 4 heteroatoms. The van der Waals surface area contributed by atoms with Gasteiger partial charge in [-0.15, -0.1) is 5.10 Å². The highest BCUT2D eigenvalue weighted by Crippen LogP contribution is 2.20. The van der Waals surface area contributed by atoms with Crippen molar-refractivity contribution in [2.75, 3.05) is 6.61 Å². The molecule has 0 bridgehead atoms. The minimum atomic E-state index is 0.456. The number of aromatic nitrogens is 3. The summed E-state index contributed by atoms with van der Waals surface area (Å²) in [6.07, 6.45) is 0. The van der Waals surface area contributed by atoms with E-state index in [1.165, 1.54) is 0 Å². The van der Waals surface area contributed by atoms with E-state index in [1.807, 2.05) is 41.9 Å². The maximum absolute atomic E-state index is 5.39. The fraction of sp³-hybridized carbons (Fsp3) is 0.429. The summed E-state index contributed by atoms with van der Waals surface area (Å²) in [4.78, 5) is 4.45. The predicted octanol–water partition coefficient (Wildman–Crippen LogP) is 3.00. The summed E-state index contributed by atoms with van der Waals surface area (Å²) in [6.45, 7) is 7.68. The zero-order chi connectivity index (χ0) is 13.0. The molecule has 18 heavy (non-hydrogen) atoms. The van der Waals surface area contributed by atoms with Crippen molar-refractivity contribution in [3.63, 3.8) is 0 Å². The predicted molar refractivity (Wildman–Crippen MR) is 71.5 cm³/mol. The van der Waals surface area contributed by atoms with Crippen LogP contribution >= 0.6 is 0 Å². The highest BCUT2D eigenvalue weighted by Gasteiger charge is 2.13. The molecule has 0 unspecified atom stereocenters. The van der Waals surface area contributed by atoms with Crippen LogP contribution in [0, 0.1) is 5.92 Å². The highest BCUT2D eigenvalue weighted by molar-refractivity contribution is 5.55. The Morgan fingerprint density at radius 3 is 2.56 bits per heavy atom. The van der Waals surface area contributed by atoms with Gasteiger partial charge in [-0.25, -0.2) is 4.68 Å². The highest BCUT2D eigenvalue weighted by atomic mass is 16.5. The SMILES string of the molecule is CCOc1nc(-c2ccccc2)n(CC(C)C)n1. The van der Waals surface area contributed by atoms with Gasteiger partial charge < -0.3 is 4.74 Å². The molecule has 0 radical (unpaired) electrons. The van der Waals surface area contributed by atoms with E-state index in [1.54, 1.807) is 0 Å². The molecule has 0 atom stereocenters. The molecule has 0 aliphatic carbocycles. The second-order valence-electron chi connectivity index (χ2n) is 4.59. The fourth-order valence-electron chi connectivity index (χ4n) is 1.79. The third kappa shape index (κ3) is 2.88. The van der Waals surface area contributed by atoms with Crippen LogP contribution in [0.3, 0.4) is 0 Å².